The molecule has 26 heavy (non-hydrogen) atoms. The molecule has 0 spiro atoms. The van der Waals surface area contributed by atoms with Crippen LogP contribution in [-0.4, -0.2) is 62.2 Å². The quantitative estimate of drug-likeness (QED) is 0.694. The molecule has 2 rings (SSSR count). The maximum absolute atomic E-state index is 12.3. The first-order valence-electron chi connectivity index (χ1n) is 8.71. The standard InChI is InChI=1S/C19H26F2N2O3/c1-14(2)13-22-8-10-23(11-9-22)18(24)7-5-15-4-6-16(26-19(20)21)17(12-15)25-3/h4-7,12,14,19H,8-11,13H2,1-3H3/b7-5+. The summed E-state index contributed by atoms with van der Waals surface area (Å²) >= 11 is 0. The first kappa shape index (κ1) is 20.2. The summed E-state index contributed by atoms with van der Waals surface area (Å²) in [6, 6.07) is 4.56. The highest BCUT2D eigenvalue weighted by atomic mass is 19.3. The van der Waals surface area contributed by atoms with Crippen molar-refractivity contribution in [1.29, 1.82) is 0 Å². The second kappa shape index (κ2) is 9.52. The van der Waals surface area contributed by atoms with Crippen LogP contribution in [0.4, 0.5) is 8.78 Å². The molecule has 1 heterocycles. The van der Waals surface area contributed by atoms with E-state index in [-0.39, 0.29) is 17.4 Å². The van der Waals surface area contributed by atoms with E-state index >= 15 is 0 Å². The predicted molar refractivity (Wildman–Crippen MR) is 96.5 cm³/mol. The minimum absolute atomic E-state index is 0.0350. The lowest BCUT2D eigenvalue weighted by Gasteiger charge is -2.35. The third-order valence-electron chi connectivity index (χ3n) is 4.13. The maximum Gasteiger partial charge on any atom is 0.387 e. The molecule has 0 radical (unpaired) electrons. The van der Waals surface area contributed by atoms with Gasteiger partial charge in [0.1, 0.15) is 0 Å². The van der Waals surface area contributed by atoms with Crippen molar-refractivity contribution in [2.45, 2.75) is 20.5 Å². The second-order valence-corrected chi connectivity index (χ2v) is 6.64. The number of carbonyl (C=O) groups is 1. The fourth-order valence-electron chi connectivity index (χ4n) is 2.92. The lowest BCUT2D eigenvalue weighted by molar-refractivity contribution is -0.127. The van der Waals surface area contributed by atoms with Gasteiger partial charge in [-0.1, -0.05) is 19.9 Å². The Morgan fingerprint density at radius 2 is 1.88 bits per heavy atom. The van der Waals surface area contributed by atoms with E-state index in [2.05, 4.69) is 23.5 Å². The van der Waals surface area contributed by atoms with E-state index in [9.17, 15) is 13.6 Å². The summed E-state index contributed by atoms with van der Waals surface area (Å²) in [4.78, 5) is 16.5. The van der Waals surface area contributed by atoms with Gasteiger partial charge in [-0.05, 0) is 29.7 Å². The fourth-order valence-corrected chi connectivity index (χ4v) is 2.92. The number of ether oxygens (including phenoxy) is 2. The molecule has 0 saturated carbocycles. The molecule has 1 fully saturated rings. The molecule has 0 aromatic heterocycles. The van der Waals surface area contributed by atoms with E-state index in [4.69, 9.17) is 4.74 Å². The van der Waals surface area contributed by atoms with Gasteiger partial charge in [-0.3, -0.25) is 9.69 Å². The molecule has 0 aliphatic carbocycles. The minimum Gasteiger partial charge on any atom is -0.493 e. The molecule has 0 N–H and O–H groups in total. The molecule has 1 saturated heterocycles. The molecular formula is C19H26F2N2O3. The maximum atomic E-state index is 12.3. The largest absolute Gasteiger partial charge is 0.493 e. The topological polar surface area (TPSA) is 42.0 Å². The number of benzene rings is 1. The summed E-state index contributed by atoms with van der Waals surface area (Å²) in [6.45, 7) is 5.68. The van der Waals surface area contributed by atoms with Crippen molar-refractivity contribution in [3.05, 3.63) is 29.8 Å². The summed E-state index contributed by atoms with van der Waals surface area (Å²) in [5, 5.41) is 0. The number of hydrogen-bond donors (Lipinski definition) is 0. The van der Waals surface area contributed by atoms with Gasteiger partial charge in [-0.15, -0.1) is 0 Å². The Morgan fingerprint density at radius 1 is 1.19 bits per heavy atom. The van der Waals surface area contributed by atoms with E-state index < -0.39 is 6.61 Å². The van der Waals surface area contributed by atoms with E-state index in [0.29, 0.717) is 24.6 Å². The average Bonchev–Trinajstić information content (AvgIpc) is 2.60. The minimum atomic E-state index is -2.92. The normalized spacial score (nSPS) is 15.9. The highest BCUT2D eigenvalue weighted by Gasteiger charge is 2.19. The highest BCUT2D eigenvalue weighted by Crippen LogP contribution is 2.29. The Kier molecular flexibility index (Phi) is 7.38. The van der Waals surface area contributed by atoms with Gasteiger partial charge >= 0.3 is 6.61 Å². The van der Waals surface area contributed by atoms with Crippen molar-refractivity contribution in [3.63, 3.8) is 0 Å². The second-order valence-electron chi connectivity index (χ2n) is 6.64. The number of amides is 1. The molecule has 0 atom stereocenters. The number of alkyl halides is 2. The number of methoxy groups -OCH3 is 1. The molecule has 0 bridgehead atoms. The van der Waals surface area contributed by atoms with Crippen LogP contribution < -0.4 is 9.47 Å². The molecule has 0 unspecified atom stereocenters. The van der Waals surface area contributed by atoms with E-state index in [0.717, 1.165) is 19.6 Å². The van der Waals surface area contributed by atoms with Crippen LogP contribution in [0.15, 0.2) is 24.3 Å². The zero-order valence-corrected chi connectivity index (χ0v) is 15.5. The van der Waals surface area contributed by atoms with E-state index in [1.54, 1.807) is 18.2 Å². The molecule has 1 aliphatic rings. The van der Waals surface area contributed by atoms with Crippen molar-refractivity contribution in [2.75, 3.05) is 39.8 Å². The molecule has 7 heteroatoms. The number of piperazine rings is 1. The fraction of sp³-hybridized carbons (Fsp3) is 0.526. The summed E-state index contributed by atoms with van der Waals surface area (Å²) in [5.74, 6) is 0.722. The van der Waals surface area contributed by atoms with Gasteiger partial charge in [-0.25, -0.2) is 0 Å². The van der Waals surface area contributed by atoms with Crippen LogP contribution in [-0.2, 0) is 4.79 Å². The number of halogens is 2. The predicted octanol–water partition coefficient (Wildman–Crippen LogP) is 3.11. The van der Waals surface area contributed by atoms with Crippen molar-refractivity contribution in [1.82, 2.24) is 9.80 Å². The van der Waals surface area contributed by atoms with Crippen LogP contribution >= 0.6 is 0 Å². The molecular weight excluding hydrogens is 342 g/mol. The van der Waals surface area contributed by atoms with Gasteiger partial charge in [0.15, 0.2) is 11.5 Å². The number of carbonyl (C=O) groups excluding carboxylic acids is 1. The summed E-state index contributed by atoms with van der Waals surface area (Å²) < 4.78 is 34.1. The summed E-state index contributed by atoms with van der Waals surface area (Å²) in [5.41, 5.74) is 0.676. The van der Waals surface area contributed by atoms with Gasteiger partial charge in [0.05, 0.1) is 7.11 Å². The Hall–Kier alpha value is -2.15. The molecule has 1 aliphatic heterocycles. The van der Waals surface area contributed by atoms with Crippen molar-refractivity contribution < 1.29 is 23.0 Å². The Balaban J connectivity index is 1.94. The molecule has 144 valence electrons. The summed E-state index contributed by atoms with van der Waals surface area (Å²) in [6.07, 6.45) is 3.15. The zero-order valence-electron chi connectivity index (χ0n) is 15.5. The first-order chi connectivity index (χ1) is 12.4. The number of nitrogens with zero attached hydrogens (tertiary/aromatic N) is 2. The van der Waals surface area contributed by atoms with Gasteiger partial charge in [0.25, 0.3) is 0 Å². The van der Waals surface area contributed by atoms with Crippen LogP contribution in [0.5, 0.6) is 11.5 Å². The first-order valence-corrected chi connectivity index (χ1v) is 8.71. The zero-order chi connectivity index (χ0) is 19.1. The molecule has 1 amide bonds. The number of hydrogen-bond acceptors (Lipinski definition) is 4. The SMILES string of the molecule is COc1cc(/C=C/C(=O)N2CCN(CC(C)C)CC2)ccc1OC(F)F. The van der Waals surface area contributed by atoms with Crippen molar-refractivity contribution in [2.24, 2.45) is 5.92 Å². The van der Waals surface area contributed by atoms with Crippen LogP contribution in [0.25, 0.3) is 6.08 Å². The Labute approximate surface area is 153 Å². The van der Waals surface area contributed by atoms with Crippen molar-refractivity contribution in [3.8, 4) is 11.5 Å². The Morgan fingerprint density at radius 3 is 2.46 bits per heavy atom. The van der Waals surface area contributed by atoms with Gasteiger partial charge in [-0.2, -0.15) is 8.78 Å². The molecule has 1 aromatic carbocycles. The van der Waals surface area contributed by atoms with Gasteiger partial charge in [0, 0.05) is 38.8 Å². The Bertz CT molecular complexity index is 627. The lowest BCUT2D eigenvalue weighted by Crippen LogP contribution is -2.49. The van der Waals surface area contributed by atoms with Crippen LogP contribution in [0, 0.1) is 5.92 Å². The number of rotatable bonds is 7. The van der Waals surface area contributed by atoms with Gasteiger partial charge in [0.2, 0.25) is 5.91 Å². The van der Waals surface area contributed by atoms with Crippen molar-refractivity contribution >= 4 is 12.0 Å². The molecule has 1 aromatic rings. The van der Waals surface area contributed by atoms with Gasteiger partial charge < -0.3 is 14.4 Å². The molecule has 5 nitrogen and oxygen atoms in total. The van der Waals surface area contributed by atoms with Crippen LogP contribution in [0.2, 0.25) is 0 Å². The third kappa shape index (κ3) is 5.98. The average molecular weight is 368 g/mol. The third-order valence-corrected chi connectivity index (χ3v) is 4.13. The lowest BCUT2D eigenvalue weighted by atomic mass is 10.1. The van der Waals surface area contributed by atoms with E-state index in [1.165, 1.54) is 19.3 Å². The summed E-state index contributed by atoms with van der Waals surface area (Å²) in [7, 11) is 1.38. The smallest absolute Gasteiger partial charge is 0.387 e. The van der Waals surface area contributed by atoms with Crippen LogP contribution in [0.3, 0.4) is 0 Å². The monoisotopic (exact) mass is 368 g/mol. The highest BCUT2D eigenvalue weighted by molar-refractivity contribution is 5.92. The van der Waals surface area contributed by atoms with E-state index in [1.807, 2.05) is 4.90 Å². The van der Waals surface area contributed by atoms with Crippen LogP contribution in [0.1, 0.15) is 19.4 Å².